The summed E-state index contributed by atoms with van der Waals surface area (Å²) >= 11 is 6.79. The molecule has 0 saturated carbocycles. The van der Waals surface area contributed by atoms with Gasteiger partial charge in [0.25, 0.3) is 5.91 Å². The molecule has 10 heteroatoms. The summed E-state index contributed by atoms with van der Waals surface area (Å²) in [6.07, 6.45) is 7.16. The number of tetrazole rings is 1. The molecule has 0 unspecified atom stereocenters. The summed E-state index contributed by atoms with van der Waals surface area (Å²) in [5.41, 5.74) is 3.40. The number of para-hydroxylation sites is 1. The largest absolute Gasteiger partial charge is 0.293 e. The van der Waals surface area contributed by atoms with E-state index in [9.17, 15) is 4.79 Å². The van der Waals surface area contributed by atoms with E-state index in [4.69, 9.17) is 17.2 Å². The number of pyridine rings is 2. The third kappa shape index (κ3) is 5.02. The van der Waals surface area contributed by atoms with Crippen LogP contribution < -0.4 is 0 Å². The molecule has 1 amide bonds. The number of thioether (sulfide) groups is 1. The highest BCUT2D eigenvalue weighted by Gasteiger charge is 2.31. The highest BCUT2D eigenvalue weighted by molar-refractivity contribution is 8.26. The smallest absolute Gasteiger partial charge is 0.266 e. The number of unbranched alkanes of at least 4 members (excludes halogenated alkanes) is 2. The van der Waals surface area contributed by atoms with Crippen LogP contribution in [0, 0.1) is 0 Å². The van der Waals surface area contributed by atoms with Crippen molar-refractivity contribution in [2.75, 3.05) is 6.54 Å². The molecule has 1 aromatic carbocycles. The quantitative estimate of drug-likeness (QED) is 0.221. The molecule has 4 aromatic rings. The number of nitrogens with zero attached hydrogens (tertiary/aromatic N) is 6. The number of carbonyl (C=O) groups is 1. The van der Waals surface area contributed by atoms with Gasteiger partial charge in [-0.3, -0.25) is 14.7 Å². The molecular formula is C24H21N7OS2. The first-order valence-electron chi connectivity index (χ1n) is 11.0. The highest BCUT2D eigenvalue weighted by atomic mass is 32.2. The van der Waals surface area contributed by atoms with E-state index in [0.717, 1.165) is 47.8 Å². The number of H-pyrrole nitrogens is 1. The molecule has 1 aliphatic heterocycles. The Kier molecular flexibility index (Phi) is 6.68. The molecule has 0 bridgehead atoms. The normalized spacial score (nSPS) is 15.1. The van der Waals surface area contributed by atoms with Gasteiger partial charge in [0.15, 0.2) is 5.82 Å². The summed E-state index contributed by atoms with van der Waals surface area (Å²) in [6.45, 7) is 0.602. The fourth-order valence-electron chi connectivity index (χ4n) is 3.75. The van der Waals surface area contributed by atoms with Crippen LogP contribution in [0.15, 0.2) is 59.6 Å². The Balaban J connectivity index is 1.24. The second kappa shape index (κ2) is 10.2. The van der Waals surface area contributed by atoms with E-state index in [2.05, 4.69) is 31.7 Å². The van der Waals surface area contributed by atoms with Crippen LogP contribution in [0.1, 0.15) is 30.8 Å². The van der Waals surface area contributed by atoms with Gasteiger partial charge in [-0.25, -0.2) is 4.98 Å². The molecule has 1 N–H and O–H groups in total. The summed E-state index contributed by atoms with van der Waals surface area (Å²) in [5, 5.41) is 15.0. The molecule has 4 heterocycles. The van der Waals surface area contributed by atoms with E-state index in [1.807, 2.05) is 54.7 Å². The van der Waals surface area contributed by atoms with Gasteiger partial charge in [0.2, 0.25) is 0 Å². The van der Waals surface area contributed by atoms with Gasteiger partial charge in [-0.2, -0.15) is 5.21 Å². The van der Waals surface area contributed by atoms with E-state index in [-0.39, 0.29) is 5.91 Å². The molecule has 5 rings (SSSR count). The molecule has 8 nitrogen and oxygen atoms in total. The number of benzene rings is 1. The topological polar surface area (TPSA) is 101 Å². The number of hydrogen-bond donors (Lipinski definition) is 1. The number of nitrogens with one attached hydrogen (secondary N) is 1. The predicted octanol–water partition coefficient (Wildman–Crippen LogP) is 4.42. The standard InChI is InChI=1S/C24H21N7OS2/c32-23-21(34-24(33)31(23)12-5-1-2-11-22-27-29-30-28-22)14-18-8-6-10-20(26-18)17-13-16-7-3-4-9-19(16)25-15-17/h3-4,6-10,13-15H,1-2,5,11-12H2,(H,27,28,29,30)/b21-14-. The van der Waals surface area contributed by atoms with Crippen molar-refractivity contribution >= 4 is 51.2 Å². The average molecular weight is 488 g/mol. The zero-order valence-corrected chi connectivity index (χ0v) is 19.9. The minimum absolute atomic E-state index is 0.0623. The highest BCUT2D eigenvalue weighted by Crippen LogP contribution is 2.33. The third-order valence-electron chi connectivity index (χ3n) is 5.48. The van der Waals surface area contributed by atoms with Crippen molar-refractivity contribution in [1.29, 1.82) is 0 Å². The lowest BCUT2D eigenvalue weighted by molar-refractivity contribution is -0.122. The lowest BCUT2D eigenvalue weighted by Gasteiger charge is -2.13. The molecular weight excluding hydrogens is 466 g/mol. The Hall–Kier alpha value is -3.50. The van der Waals surface area contributed by atoms with Crippen LogP contribution in [0.4, 0.5) is 0 Å². The van der Waals surface area contributed by atoms with Crippen LogP contribution in [-0.2, 0) is 11.2 Å². The van der Waals surface area contributed by atoms with Gasteiger partial charge in [-0.15, -0.1) is 10.2 Å². The van der Waals surface area contributed by atoms with Crippen molar-refractivity contribution in [2.45, 2.75) is 25.7 Å². The number of aryl methyl sites for hydroxylation is 1. The molecule has 170 valence electrons. The van der Waals surface area contributed by atoms with Gasteiger partial charge in [-0.1, -0.05) is 59.9 Å². The molecule has 34 heavy (non-hydrogen) atoms. The number of carbonyl (C=O) groups excluding carboxylic acids is 1. The van der Waals surface area contributed by atoms with E-state index < -0.39 is 0 Å². The first-order valence-corrected chi connectivity index (χ1v) is 12.2. The molecule has 0 aliphatic carbocycles. The maximum absolute atomic E-state index is 13.0. The first-order chi connectivity index (χ1) is 16.7. The Morgan fingerprint density at radius 2 is 2.00 bits per heavy atom. The number of amides is 1. The SMILES string of the molecule is O=C1/C(=C/c2cccc(-c3cnc4ccccc4c3)n2)SC(=S)N1CCCCCc1nn[nH]n1. The van der Waals surface area contributed by atoms with Crippen LogP contribution in [0.2, 0.25) is 0 Å². The van der Waals surface area contributed by atoms with Gasteiger partial charge in [0.1, 0.15) is 4.32 Å². The summed E-state index contributed by atoms with van der Waals surface area (Å²) in [6, 6.07) is 15.8. The number of fused-ring (bicyclic) bond motifs is 1. The third-order valence-corrected chi connectivity index (χ3v) is 6.86. The van der Waals surface area contributed by atoms with Crippen molar-refractivity contribution in [1.82, 2.24) is 35.5 Å². The molecule has 0 atom stereocenters. The predicted molar refractivity (Wildman–Crippen MR) is 137 cm³/mol. The second-order valence-electron chi connectivity index (χ2n) is 7.84. The van der Waals surface area contributed by atoms with Crippen LogP contribution in [0.3, 0.4) is 0 Å². The Labute approximate surface area is 205 Å². The maximum atomic E-state index is 13.0. The van der Waals surface area contributed by atoms with E-state index >= 15 is 0 Å². The molecule has 1 aliphatic rings. The Bertz CT molecular complexity index is 1370. The zero-order valence-electron chi connectivity index (χ0n) is 18.2. The average Bonchev–Trinajstić information content (AvgIpc) is 3.47. The maximum Gasteiger partial charge on any atom is 0.266 e. The molecule has 0 radical (unpaired) electrons. The first kappa shape index (κ1) is 22.3. The molecule has 1 fully saturated rings. The van der Waals surface area contributed by atoms with Crippen molar-refractivity contribution in [3.05, 3.63) is 71.2 Å². The van der Waals surface area contributed by atoms with E-state index in [1.54, 1.807) is 4.90 Å². The lowest BCUT2D eigenvalue weighted by atomic mass is 10.1. The molecule has 1 saturated heterocycles. The van der Waals surface area contributed by atoms with Gasteiger partial charge in [-0.05, 0) is 43.2 Å². The number of hydrogen-bond acceptors (Lipinski definition) is 8. The lowest BCUT2D eigenvalue weighted by Crippen LogP contribution is -2.29. The van der Waals surface area contributed by atoms with Crippen LogP contribution >= 0.6 is 24.0 Å². The van der Waals surface area contributed by atoms with E-state index in [1.165, 1.54) is 11.8 Å². The van der Waals surface area contributed by atoms with Crippen molar-refractivity contribution in [2.24, 2.45) is 0 Å². The fourth-order valence-corrected chi connectivity index (χ4v) is 5.04. The van der Waals surface area contributed by atoms with Gasteiger partial charge in [0.05, 0.1) is 21.8 Å². The molecule has 3 aromatic heterocycles. The Morgan fingerprint density at radius 3 is 2.88 bits per heavy atom. The summed E-state index contributed by atoms with van der Waals surface area (Å²) < 4.78 is 0.587. The van der Waals surface area contributed by atoms with E-state index in [0.29, 0.717) is 27.3 Å². The van der Waals surface area contributed by atoms with Crippen molar-refractivity contribution in [3.8, 4) is 11.3 Å². The van der Waals surface area contributed by atoms with Crippen LogP contribution in [-0.4, -0.2) is 52.3 Å². The minimum Gasteiger partial charge on any atom is -0.293 e. The van der Waals surface area contributed by atoms with Crippen LogP contribution in [0.5, 0.6) is 0 Å². The summed E-state index contributed by atoms with van der Waals surface area (Å²) in [4.78, 5) is 24.5. The van der Waals surface area contributed by atoms with Crippen molar-refractivity contribution < 1.29 is 4.79 Å². The summed E-state index contributed by atoms with van der Waals surface area (Å²) in [7, 11) is 0. The number of rotatable bonds is 8. The van der Waals surface area contributed by atoms with Gasteiger partial charge in [0, 0.05) is 30.1 Å². The molecule has 0 spiro atoms. The number of aromatic amines is 1. The van der Waals surface area contributed by atoms with Crippen molar-refractivity contribution in [3.63, 3.8) is 0 Å². The van der Waals surface area contributed by atoms with Gasteiger partial charge < -0.3 is 0 Å². The fraction of sp³-hybridized carbons (Fsp3) is 0.208. The number of aromatic nitrogens is 6. The minimum atomic E-state index is -0.0623. The summed E-state index contributed by atoms with van der Waals surface area (Å²) in [5.74, 6) is 0.649. The zero-order chi connectivity index (χ0) is 23.3. The monoisotopic (exact) mass is 487 g/mol. The van der Waals surface area contributed by atoms with Crippen LogP contribution in [0.25, 0.3) is 28.2 Å². The number of thiocarbonyl (C=S) groups is 1. The second-order valence-corrected chi connectivity index (χ2v) is 9.51. The Morgan fingerprint density at radius 1 is 1.09 bits per heavy atom. The van der Waals surface area contributed by atoms with Gasteiger partial charge >= 0.3 is 0 Å².